The van der Waals surface area contributed by atoms with Gasteiger partial charge in [-0.25, -0.2) is 0 Å². The van der Waals surface area contributed by atoms with E-state index in [1.54, 1.807) is 12.1 Å². The summed E-state index contributed by atoms with van der Waals surface area (Å²) in [7, 11) is 2.13. The summed E-state index contributed by atoms with van der Waals surface area (Å²) in [5.74, 6) is 1.60. The zero-order valence-electron chi connectivity index (χ0n) is 16.2. The molecule has 1 heterocycles. The first-order valence-electron chi connectivity index (χ1n) is 9.19. The van der Waals surface area contributed by atoms with Gasteiger partial charge in [-0.1, -0.05) is 0 Å². The average Bonchev–Trinajstić information content (AvgIpc) is 2.61. The zero-order chi connectivity index (χ0) is 19.4. The summed E-state index contributed by atoms with van der Waals surface area (Å²) in [4.78, 5) is 15.8. The molecule has 0 atom stereocenters. The molecule has 0 unspecified atom stereocenters. The van der Waals surface area contributed by atoms with Crippen molar-refractivity contribution in [1.29, 1.82) is 0 Å². The Kier molecular flexibility index (Phi) is 5.98. The normalized spacial score (nSPS) is 15.5. The summed E-state index contributed by atoms with van der Waals surface area (Å²) in [6.45, 7) is 8.19. The van der Waals surface area contributed by atoms with Gasteiger partial charge in [0.1, 0.15) is 17.2 Å². The van der Waals surface area contributed by atoms with E-state index < -0.39 is 0 Å². The Morgan fingerprint density at radius 2 is 1.89 bits per heavy atom. The highest BCUT2D eigenvalue weighted by Gasteiger charge is 2.16. The molecule has 1 amide bonds. The Labute approximate surface area is 160 Å². The van der Waals surface area contributed by atoms with Crippen LogP contribution in [0.5, 0.6) is 17.2 Å². The molecule has 144 valence electrons. The topological polar surface area (TPSA) is 65.0 Å². The minimum atomic E-state index is -0.102. The molecular weight excluding hydrogens is 342 g/mol. The van der Waals surface area contributed by atoms with E-state index in [4.69, 9.17) is 4.74 Å². The van der Waals surface area contributed by atoms with E-state index in [0.29, 0.717) is 18.0 Å². The average molecular weight is 369 g/mol. The maximum absolute atomic E-state index is 11.2. The van der Waals surface area contributed by atoms with Crippen LogP contribution < -0.4 is 10.1 Å². The molecule has 1 aliphatic heterocycles. The van der Waals surface area contributed by atoms with Gasteiger partial charge in [0.25, 0.3) is 0 Å². The van der Waals surface area contributed by atoms with Crippen LogP contribution in [0, 0.1) is 6.92 Å². The van der Waals surface area contributed by atoms with E-state index in [-0.39, 0.29) is 5.91 Å². The number of hydrogen-bond acceptors (Lipinski definition) is 5. The number of nitrogens with one attached hydrogen (secondary N) is 1. The SMILES string of the molecule is CC(=O)Nc1ccc(Oc2ccc(O)c(CN3CCN(C)CC3)c2)c(C)c1. The van der Waals surface area contributed by atoms with Crippen LogP contribution in [0.4, 0.5) is 5.69 Å². The number of carbonyl (C=O) groups excluding carboxylic acids is 1. The van der Waals surface area contributed by atoms with E-state index in [9.17, 15) is 9.90 Å². The predicted octanol–water partition coefficient (Wildman–Crippen LogP) is 3.20. The highest BCUT2D eigenvalue weighted by atomic mass is 16.5. The third-order valence-electron chi connectivity index (χ3n) is 4.76. The Hall–Kier alpha value is -2.57. The van der Waals surface area contributed by atoms with Crippen LogP contribution in [-0.2, 0) is 11.3 Å². The molecule has 3 rings (SSSR count). The number of rotatable bonds is 5. The molecule has 0 radical (unpaired) electrons. The van der Waals surface area contributed by atoms with Gasteiger partial charge in [-0.3, -0.25) is 9.69 Å². The smallest absolute Gasteiger partial charge is 0.221 e. The number of benzene rings is 2. The highest BCUT2D eigenvalue weighted by molar-refractivity contribution is 5.88. The molecule has 0 aromatic heterocycles. The molecule has 2 aromatic carbocycles. The summed E-state index contributed by atoms with van der Waals surface area (Å²) < 4.78 is 6.02. The van der Waals surface area contributed by atoms with Crippen molar-refractivity contribution >= 4 is 11.6 Å². The first-order chi connectivity index (χ1) is 12.9. The van der Waals surface area contributed by atoms with Crippen LogP contribution in [0.25, 0.3) is 0 Å². The minimum Gasteiger partial charge on any atom is -0.508 e. The number of aryl methyl sites for hydroxylation is 1. The number of phenols is 1. The largest absolute Gasteiger partial charge is 0.508 e. The van der Waals surface area contributed by atoms with Gasteiger partial charge in [0, 0.05) is 50.9 Å². The summed E-state index contributed by atoms with van der Waals surface area (Å²) in [6, 6.07) is 10.9. The molecule has 0 bridgehead atoms. The predicted molar refractivity (Wildman–Crippen MR) is 106 cm³/mol. The summed E-state index contributed by atoms with van der Waals surface area (Å²) in [5, 5.41) is 13.0. The Morgan fingerprint density at radius 3 is 2.56 bits per heavy atom. The molecule has 6 nitrogen and oxygen atoms in total. The lowest BCUT2D eigenvalue weighted by Gasteiger charge is -2.32. The van der Waals surface area contributed by atoms with Crippen LogP contribution in [-0.4, -0.2) is 54.0 Å². The first kappa shape index (κ1) is 19.2. The van der Waals surface area contributed by atoms with Crippen LogP contribution >= 0.6 is 0 Å². The number of aromatic hydroxyl groups is 1. The zero-order valence-corrected chi connectivity index (χ0v) is 16.2. The van der Waals surface area contributed by atoms with Crippen molar-refractivity contribution in [2.75, 3.05) is 38.5 Å². The number of likely N-dealkylation sites (N-methyl/N-ethyl adjacent to an activating group) is 1. The lowest BCUT2D eigenvalue weighted by Crippen LogP contribution is -2.43. The summed E-state index contributed by atoms with van der Waals surface area (Å²) >= 11 is 0. The number of carbonyl (C=O) groups is 1. The molecule has 1 fully saturated rings. The third kappa shape index (κ3) is 5.21. The highest BCUT2D eigenvalue weighted by Crippen LogP contribution is 2.31. The number of ether oxygens (including phenoxy) is 1. The van der Waals surface area contributed by atoms with Gasteiger partial charge in [-0.05, 0) is 55.9 Å². The maximum atomic E-state index is 11.2. The van der Waals surface area contributed by atoms with Crippen LogP contribution in [0.3, 0.4) is 0 Å². The van der Waals surface area contributed by atoms with Gasteiger partial charge >= 0.3 is 0 Å². The van der Waals surface area contributed by atoms with Crippen molar-refractivity contribution < 1.29 is 14.6 Å². The number of piperazine rings is 1. The molecule has 1 saturated heterocycles. The second-order valence-electron chi connectivity index (χ2n) is 7.13. The molecule has 0 spiro atoms. The molecule has 0 aliphatic carbocycles. The molecule has 6 heteroatoms. The Bertz CT molecular complexity index is 814. The second-order valence-corrected chi connectivity index (χ2v) is 7.13. The molecule has 27 heavy (non-hydrogen) atoms. The van der Waals surface area contributed by atoms with Gasteiger partial charge < -0.3 is 20.1 Å². The fourth-order valence-electron chi connectivity index (χ4n) is 3.17. The lowest BCUT2D eigenvalue weighted by atomic mass is 10.1. The Morgan fingerprint density at radius 1 is 1.15 bits per heavy atom. The fourth-order valence-corrected chi connectivity index (χ4v) is 3.17. The number of amides is 1. The third-order valence-corrected chi connectivity index (χ3v) is 4.76. The van der Waals surface area contributed by atoms with Crippen molar-refractivity contribution in [2.45, 2.75) is 20.4 Å². The van der Waals surface area contributed by atoms with Crippen molar-refractivity contribution in [3.8, 4) is 17.2 Å². The van der Waals surface area contributed by atoms with Gasteiger partial charge in [0.15, 0.2) is 0 Å². The first-order valence-corrected chi connectivity index (χ1v) is 9.19. The number of anilines is 1. The molecular formula is C21H27N3O3. The van der Waals surface area contributed by atoms with Crippen LogP contribution in [0.2, 0.25) is 0 Å². The van der Waals surface area contributed by atoms with Gasteiger partial charge in [0.2, 0.25) is 5.91 Å². The van der Waals surface area contributed by atoms with E-state index >= 15 is 0 Å². The quantitative estimate of drug-likeness (QED) is 0.847. The van der Waals surface area contributed by atoms with Crippen LogP contribution in [0.15, 0.2) is 36.4 Å². The van der Waals surface area contributed by atoms with Gasteiger partial charge in [-0.2, -0.15) is 0 Å². The number of phenolic OH excluding ortho intramolecular Hbond substituents is 1. The standard InChI is InChI=1S/C21H27N3O3/c1-15-12-18(22-16(2)25)4-7-21(15)27-19-5-6-20(26)17(13-19)14-24-10-8-23(3)9-11-24/h4-7,12-13,26H,8-11,14H2,1-3H3,(H,22,25). The molecule has 1 aliphatic rings. The monoisotopic (exact) mass is 369 g/mol. The van der Waals surface area contributed by atoms with E-state index in [1.165, 1.54) is 6.92 Å². The Balaban J connectivity index is 1.71. The summed E-state index contributed by atoms with van der Waals surface area (Å²) in [5.41, 5.74) is 2.54. The van der Waals surface area contributed by atoms with Crippen molar-refractivity contribution in [3.63, 3.8) is 0 Å². The van der Waals surface area contributed by atoms with Gasteiger partial charge in [-0.15, -0.1) is 0 Å². The molecule has 0 saturated carbocycles. The van der Waals surface area contributed by atoms with Crippen LogP contribution in [0.1, 0.15) is 18.1 Å². The van der Waals surface area contributed by atoms with Gasteiger partial charge in [0.05, 0.1) is 0 Å². The summed E-state index contributed by atoms with van der Waals surface area (Å²) in [6.07, 6.45) is 0. The van der Waals surface area contributed by atoms with Crippen molar-refractivity contribution in [1.82, 2.24) is 9.80 Å². The van der Waals surface area contributed by atoms with E-state index in [2.05, 4.69) is 22.2 Å². The van der Waals surface area contributed by atoms with Crippen molar-refractivity contribution in [2.24, 2.45) is 0 Å². The van der Waals surface area contributed by atoms with E-state index in [1.807, 2.05) is 31.2 Å². The maximum Gasteiger partial charge on any atom is 0.221 e. The molecule has 2 N–H and O–H groups in total. The van der Waals surface area contributed by atoms with Crippen molar-refractivity contribution in [3.05, 3.63) is 47.5 Å². The number of nitrogens with zero attached hydrogens (tertiary/aromatic N) is 2. The molecule has 2 aromatic rings. The minimum absolute atomic E-state index is 0.102. The second kappa shape index (κ2) is 8.41. The lowest BCUT2D eigenvalue weighted by molar-refractivity contribution is -0.114. The van der Waals surface area contributed by atoms with E-state index in [0.717, 1.165) is 48.7 Å². The number of hydrogen-bond donors (Lipinski definition) is 2. The fraction of sp³-hybridized carbons (Fsp3) is 0.381.